The summed E-state index contributed by atoms with van der Waals surface area (Å²) in [5.74, 6) is 0.817. The van der Waals surface area contributed by atoms with Crippen molar-refractivity contribution < 1.29 is 0 Å². The van der Waals surface area contributed by atoms with Crippen LogP contribution in [0.15, 0.2) is 0 Å². The first-order valence-electron chi connectivity index (χ1n) is 6.85. The lowest BCUT2D eigenvalue weighted by Crippen LogP contribution is -2.58. The third kappa shape index (κ3) is 3.12. The fraction of sp³-hybridized carbons (Fsp3) is 1.00. The molecule has 0 radical (unpaired) electrons. The van der Waals surface area contributed by atoms with Gasteiger partial charge in [-0.15, -0.1) is 11.6 Å². The zero-order valence-electron chi connectivity index (χ0n) is 10.5. The van der Waals surface area contributed by atoms with E-state index in [1.54, 1.807) is 0 Å². The summed E-state index contributed by atoms with van der Waals surface area (Å²) in [6.07, 6.45) is 6.69. The average molecular weight is 245 g/mol. The van der Waals surface area contributed by atoms with Crippen LogP contribution >= 0.6 is 11.6 Å². The molecule has 2 rings (SSSR count). The summed E-state index contributed by atoms with van der Waals surface area (Å²) in [4.78, 5) is 5.39. The van der Waals surface area contributed by atoms with Gasteiger partial charge in [0.05, 0.1) is 0 Å². The Balaban J connectivity index is 1.80. The van der Waals surface area contributed by atoms with Gasteiger partial charge < -0.3 is 0 Å². The quantitative estimate of drug-likeness (QED) is 0.554. The monoisotopic (exact) mass is 244 g/mol. The molecule has 0 aromatic carbocycles. The standard InChI is InChI=1S/C13H25ClN2/c1-12-10-16-9-4-2-6-13(16)11-15(12)8-5-3-7-14/h12-13H,2-11H2,1H3. The summed E-state index contributed by atoms with van der Waals surface area (Å²) in [6.45, 7) is 7.54. The molecule has 2 atom stereocenters. The van der Waals surface area contributed by atoms with Crippen LogP contribution in [0.1, 0.15) is 39.0 Å². The van der Waals surface area contributed by atoms with E-state index < -0.39 is 0 Å². The van der Waals surface area contributed by atoms with E-state index in [1.165, 1.54) is 58.3 Å². The minimum absolute atomic E-state index is 0.740. The van der Waals surface area contributed by atoms with E-state index in [4.69, 9.17) is 11.6 Å². The average Bonchev–Trinajstić information content (AvgIpc) is 2.30. The maximum Gasteiger partial charge on any atom is 0.0223 e. The van der Waals surface area contributed by atoms with Crippen LogP contribution in [0, 0.1) is 0 Å². The summed E-state index contributed by atoms with van der Waals surface area (Å²) < 4.78 is 0. The van der Waals surface area contributed by atoms with Gasteiger partial charge in [0.15, 0.2) is 0 Å². The van der Waals surface area contributed by atoms with Gasteiger partial charge in [-0.05, 0) is 45.7 Å². The molecule has 2 unspecified atom stereocenters. The van der Waals surface area contributed by atoms with E-state index in [-0.39, 0.29) is 0 Å². The topological polar surface area (TPSA) is 6.48 Å². The SMILES string of the molecule is CC1CN2CCCCC2CN1CCCCCl. The van der Waals surface area contributed by atoms with E-state index in [2.05, 4.69) is 16.7 Å². The maximum absolute atomic E-state index is 5.74. The number of alkyl halides is 1. The fourth-order valence-electron chi connectivity index (χ4n) is 3.13. The highest BCUT2D eigenvalue weighted by atomic mass is 35.5. The van der Waals surface area contributed by atoms with Crippen molar-refractivity contribution in [1.82, 2.24) is 9.80 Å². The fourth-order valence-corrected chi connectivity index (χ4v) is 3.32. The molecule has 0 aromatic heterocycles. The van der Waals surface area contributed by atoms with Gasteiger partial charge >= 0.3 is 0 Å². The van der Waals surface area contributed by atoms with E-state index in [0.717, 1.165) is 18.0 Å². The Labute approximate surface area is 105 Å². The molecule has 2 nitrogen and oxygen atoms in total. The van der Waals surface area contributed by atoms with Crippen LogP contribution in [0.4, 0.5) is 0 Å². The molecular formula is C13H25ClN2. The van der Waals surface area contributed by atoms with Crippen molar-refractivity contribution in [3.8, 4) is 0 Å². The number of halogens is 1. The summed E-state index contributed by atoms with van der Waals surface area (Å²) in [6, 6.07) is 1.59. The second-order valence-electron chi connectivity index (χ2n) is 5.38. The summed E-state index contributed by atoms with van der Waals surface area (Å²) in [5.41, 5.74) is 0. The van der Waals surface area contributed by atoms with Crippen LogP contribution in [0.5, 0.6) is 0 Å². The van der Waals surface area contributed by atoms with Gasteiger partial charge in [0.25, 0.3) is 0 Å². The first-order chi connectivity index (χ1) is 7.81. The molecule has 16 heavy (non-hydrogen) atoms. The Morgan fingerprint density at radius 2 is 2.06 bits per heavy atom. The zero-order valence-corrected chi connectivity index (χ0v) is 11.3. The van der Waals surface area contributed by atoms with E-state index in [1.807, 2.05) is 0 Å². The number of piperidine rings is 1. The third-order valence-electron chi connectivity index (χ3n) is 4.15. The Morgan fingerprint density at radius 1 is 1.19 bits per heavy atom. The molecule has 3 heteroatoms. The smallest absolute Gasteiger partial charge is 0.0223 e. The number of fused-ring (bicyclic) bond motifs is 1. The van der Waals surface area contributed by atoms with Crippen molar-refractivity contribution in [2.45, 2.75) is 51.1 Å². The molecule has 0 spiro atoms. The highest BCUT2D eigenvalue weighted by Crippen LogP contribution is 2.24. The van der Waals surface area contributed by atoms with Crippen molar-refractivity contribution in [3.05, 3.63) is 0 Å². The van der Waals surface area contributed by atoms with Crippen molar-refractivity contribution in [2.75, 3.05) is 32.1 Å². The number of hydrogen-bond donors (Lipinski definition) is 0. The zero-order chi connectivity index (χ0) is 11.4. The minimum Gasteiger partial charge on any atom is -0.298 e. The lowest BCUT2D eigenvalue weighted by Gasteiger charge is -2.47. The van der Waals surface area contributed by atoms with Crippen LogP contribution in [0.25, 0.3) is 0 Å². The second-order valence-corrected chi connectivity index (χ2v) is 5.76. The Kier molecular flexibility index (Phi) is 4.93. The third-order valence-corrected chi connectivity index (χ3v) is 4.41. The predicted octanol–water partition coefficient (Wildman–Crippen LogP) is 2.56. The molecule has 2 fully saturated rings. The molecule has 0 bridgehead atoms. The number of unbranched alkanes of at least 4 members (excludes halogenated alkanes) is 1. The largest absolute Gasteiger partial charge is 0.298 e. The van der Waals surface area contributed by atoms with E-state index >= 15 is 0 Å². The van der Waals surface area contributed by atoms with Crippen molar-refractivity contribution in [3.63, 3.8) is 0 Å². The number of rotatable bonds is 4. The van der Waals surface area contributed by atoms with Gasteiger partial charge in [-0.1, -0.05) is 6.42 Å². The number of nitrogens with zero attached hydrogens (tertiary/aromatic N) is 2. The molecule has 0 amide bonds. The van der Waals surface area contributed by atoms with Crippen LogP contribution in [0.3, 0.4) is 0 Å². The van der Waals surface area contributed by atoms with E-state index in [0.29, 0.717) is 0 Å². The minimum atomic E-state index is 0.740. The maximum atomic E-state index is 5.74. The number of piperazine rings is 1. The molecular weight excluding hydrogens is 220 g/mol. The first-order valence-corrected chi connectivity index (χ1v) is 7.39. The summed E-state index contributed by atoms with van der Waals surface area (Å²) in [5, 5.41) is 0. The summed E-state index contributed by atoms with van der Waals surface area (Å²) >= 11 is 5.74. The van der Waals surface area contributed by atoms with Gasteiger partial charge in [0.2, 0.25) is 0 Å². The normalized spacial score (nSPS) is 32.6. The van der Waals surface area contributed by atoms with E-state index in [9.17, 15) is 0 Å². The second kappa shape index (κ2) is 6.23. The molecule has 0 aromatic rings. The van der Waals surface area contributed by atoms with Crippen molar-refractivity contribution >= 4 is 11.6 Å². The Morgan fingerprint density at radius 3 is 2.88 bits per heavy atom. The molecule has 2 heterocycles. The highest BCUT2D eigenvalue weighted by molar-refractivity contribution is 6.17. The first kappa shape index (κ1) is 12.7. The lowest BCUT2D eigenvalue weighted by molar-refractivity contribution is 0.0149. The van der Waals surface area contributed by atoms with Crippen LogP contribution < -0.4 is 0 Å². The highest BCUT2D eigenvalue weighted by Gasteiger charge is 2.32. The van der Waals surface area contributed by atoms with Gasteiger partial charge in [-0.25, -0.2) is 0 Å². The van der Waals surface area contributed by atoms with Gasteiger partial charge in [0, 0.05) is 31.1 Å². The molecule has 0 N–H and O–H groups in total. The van der Waals surface area contributed by atoms with Crippen LogP contribution in [0.2, 0.25) is 0 Å². The summed E-state index contributed by atoms with van der Waals surface area (Å²) in [7, 11) is 0. The molecule has 2 saturated heterocycles. The molecule has 0 aliphatic carbocycles. The Hall–Kier alpha value is 0.210. The van der Waals surface area contributed by atoms with Crippen molar-refractivity contribution in [1.29, 1.82) is 0 Å². The van der Waals surface area contributed by atoms with Gasteiger partial charge in [0.1, 0.15) is 0 Å². The van der Waals surface area contributed by atoms with Crippen molar-refractivity contribution in [2.24, 2.45) is 0 Å². The molecule has 2 aliphatic rings. The van der Waals surface area contributed by atoms with Crippen LogP contribution in [-0.2, 0) is 0 Å². The number of hydrogen-bond acceptors (Lipinski definition) is 2. The molecule has 2 aliphatic heterocycles. The van der Waals surface area contributed by atoms with Gasteiger partial charge in [-0.2, -0.15) is 0 Å². The van der Waals surface area contributed by atoms with Crippen LogP contribution in [-0.4, -0.2) is 53.9 Å². The van der Waals surface area contributed by atoms with Gasteiger partial charge in [-0.3, -0.25) is 9.80 Å². The Bertz CT molecular complexity index is 210. The predicted molar refractivity (Wildman–Crippen MR) is 70.2 cm³/mol. The lowest BCUT2D eigenvalue weighted by atomic mass is 9.97. The molecule has 0 saturated carbocycles. The molecule has 94 valence electrons.